The molecule has 0 saturated carbocycles. The molecular weight excluding hydrogens is 1050 g/mol. The molecule has 0 unspecified atom stereocenters. The zero-order valence-electron chi connectivity index (χ0n) is 41.0. The van der Waals surface area contributed by atoms with E-state index in [9.17, 15) is 0 Å². The summed E-state index contributed by atoms with van der Waals surface area (Å²) < 4.78 is 10.3. The topological polar surface area (TPSA) is 56.7 Å². The van der Waals surface area contributed by atoms with Gasteiger partial charge in [0.15, 0.2) is 0 Å². The van der Waals surface area contributed by atoms with Gasteiger partial charge in [0, 0.05) is 36.9 Å². The van der Waals surface area contributed by atoms with Gasteiger partial charge < -0.3 is 8.98 Å². The first-order valence-corrected chi connectivity index (χ1v) is 30.7. The maximum atomic E-state index is 6.44. The van der Waals surface area contributed by atoms with Gasteiger partial charge >= 0.3 is 151 Å². The summed E-state index contributed by atoms with van der Waals surface area (Å²) in [5, 5.41) is 2.02. The number of imidazole rings is 1. The van der Waals surface area contributed by atoms with E-state index < -0.39 is 13.3 Å². The van der Waals surface area contributed by atoms with Crippen LogP contribution in [0.2, 0.25) is 17.3 Å². The van der Waals surface area contributed by atoms with Gasteiger partial charge in [0.25, 0.3) is 0 Å². The van der Waals surface area contributed by atoms with Crippen molar-refractivity contribution >= 4 is 50.8 Å². The van der Waals surface area contributed by atoms with Gasteiger partial charge in [-0.1, -0.05) is 81.1 Å². The van der Waals surface area contributed by atoms with E-state index in [-0.39, 0.29) is 25.5 Å². The van der Waals surface area contributed by atoms with Crippen LogP contribution in [0.5, 0.6) is 0 Å². The van der Waals surface area contributed by atoms with Gasteiger partial charge in [-0.2, -0.15) is 0 Å². The molecular formula is C59H64GeIrN4O-2. The molecule has 9 aromatic rings. The number of pyridine rings is 2. The van der Waals surface area contributed by atoms with Crippen LogP contribution >= 0.6 is 0 Å². The van der Waals surface area contributed by atoms with Gasteiger partial charge in [-0.25, -0.2) is 4.98 Å². The molecule has 0 fully saturated rings. The van der Waals surface area contributed by atoms with Gasteiger partial charge in [-0.05, 0) is 77.4 Å². The van der Waals surface area contributed by atoms with E-state index in [1.165, 1.54) is 39.1 Å². The third-order valence-corrected chi connectivity index (χ3v) is 16.7. The van der Waals surface area contributed by atoms with E-state index in [1.807, 2.05) is 25.1 Å². The Kier molecular flexibility index (Phi) is 14.5. The van der Waals surface area contributed by atoms with Gasteiger partial charge in [-0.3, -0.25) is 4.98 Å². The number of hydrogen-bond donors (Lipinski definition) is 0. The quantitative estimate of drug-likeness (QED) is 0.107. The molecule has 5 aromatic carbocycles. The van der Waals surface area contributed by atoms with Crippen molar-refractivity contribution in [3.63, 3.8) is 0 Å². The first-order chi connectivity index (χ1) is 30.9. The second kappa shape index (κ2) is 19.6. The van der Waals surface area contributed by atoms with Crippen LogP contribution in [-0.2, 0) is 31.9 Å². The largest absolute Gasteiger partial charge is 0.486 e. The predicted molar refractivity (Wildman–Crippen MR) is 277 cm³/mol. The molecule has 4 aromatic heterocycles. The van der Waals surface area contributed by atoms with E-state index in [4.69, 9.17) is 14.4 Å². The van der Waals surface area contributed by atoms with Crippen LogP contribution in [0.3, 0.4) is 0 Å². The van der Waals surface area contributed by atoms with Gasteiger partial charge in [0.2, 0.25) is 5.71 Å². The summed E-state index contributed by atoms with van der Waals surface area (Å²) in [6.45, 7) is 22.4. The second-order valence-corrected chi connectivity index (χ2v) is 31.3. The molecule has 0 bridgehead atoms. The zero-order valence-corrected chi connectivity index (χ0v) is 45.5. The van der Waals surface area contributed by atoms with Gasteiger partial charge in [-0.15, -0.1) is 18.2 Å². The average molecular weight is 1110 g/mol. The summed E-state index contributed by atoms with van der Waals surface area (Å²) in [7, 11) is 0. The molecule has 5 nitrogen and oxygen atoms in total. The van der Waals surface area contributed by atoms with Crippen molar-refractivity contribution in [2.75, 3.05) is 0 Å². The van der Waals surface area contributed by atoms with Crippen LogP contribution in [0.4, 0.5) is 0 Å². The van der Waals surface area contributed by atoms with E-state index in [0.29, 0.717) is 23.5 Å². The van der Waals surface area contributed by atoms with Crippen molar-refractivity contribution in [3.05, 3.63) is 162 Å². The molecule has 0 aliphatic heterocycles. The predicted octanol–water partition coefficient (Wildman–Crippen LogP) is 15.6. The molecule has 1 radical (unpaired) electrons. The smallest absolute Gasteiger partial charge is 0.216 e. The minimum absolute atomic E-state index is 0. The van der Waals surface area contributed by atoms with E-state index in [2.05, 4.69) is 205 Å². The standard InChI is InChI=1S/C37H32N3O.C22H32GeN.Ir/c1-22(2)30-20-26(25-12-7-6-8-13-25)21-31(23(3)4)34(30)40-33-17-10-9-16-32(33)39-36(40)29-15-11-14-27-28-19-18-24(5)38-37(28)41-35(27)29;1-16(2)13-18-14-21(24-15-20(18)23(6,7)8)17-9-11-19(12-10-17)22(3,4)5;/h6-14,16-23H,1-5H3;9,11-12,14-16H,13H2,1-8H3;/q2*-1;. The zero-order chi connectivity index (χ0) is 46.4. The van der Waals surface area contributed by atoms with Crippen LogP contribution in [0.1, 0.15) is 102 Å². The first-order valence-electron chi connectivity index (χ1n) is 23.3. The second-order valence-electron chi connectivity index (χ2n) is 20.8. The number of furan rings is 1. The number of aromatic nitrogens is 4. The minimum Gasteiger partial charge on any atom is -0.486 e. The Balaban J connectivity index is 0.000000223. The maximum Gasteiger partial charge on any atom is 0.216 e. The normalized spacial score (nSPS) is 12.1. The fourth-order valence-corrected chi connectivity index (χ4v) is 12.2. The summed E-state index contributed by atoms with van der Waals surface area (Å²) in [5.74, 6) is 9.41. The molecule has 0 amide bonds. The Labute approximate surface area is 409 Å². The molecule has 9 rings (SSSR count). The van der Waals surface area contributed by atoms with E-state index in [1.54, 1.807) is 4.40 Å². The summed E-state index contributed by atoms with van der Waals surface area (Å²) in [4.78, 5) is 14.7. The van der Waals surface area contributed by atoms with Crippen molar-refractivity contribution in [1.29, 1.82) is 0 Å². The molecule has 0 atom stereocenters. The Morgan fingerprint density at radius 3 is 2.03 bits per heavy atom. The molecule has 0 aliphatic rings. The van der Waals surface area contributed by atoms with Crippen LogP contribution in [0, 0.1) is 25.0 Å². The molecule has 0 saturated heterocycles. The Morgan fingerprint density at radius 1 is 0.727 bits per heavy atom. The minimum atomic E-state index is -1.90. The average Bonchev–Trinajstić information content (AvgIpc) is 3.83. The van der Waals surface area contributed by atoms with Crippen molar-refractivity contribution in [2.45, 2.75) is 110 Å². The number of aryl methyl sites for hydroxylation is 1. The van der Waals surface area contributed by atoms with Gasteiger partial charge in [0.05, 0.1) is 22.4 Å². The molecule has 0 N–H and O–H groups in total. The fourth-order valence-electron chi connectivity index (χ4n) is 8.90. The summed E-state index contributed by atoms with van der Waals surface area (Å²) in [5.41, 5.74) is 16.5. The molecule has 341 valence electrons. The Hall–Kier alpha value is -5.14. The number of fused-ring (bicyclic) bond motifs is 4. The summed E-state index contributed by atoms with van der Waals surface area (Å²) in [6.07, 6.45) is 3.28. The molecule has 0 aliphatic carbocycles. The van der Waals surface area contributed by atoms with Crippen molar-refractivity contribution < 1.29 is 24.5 Å². The fraction of sp³-hybridized carbons (Fsp3) is 0.305. The van der Waals surface area contributed by atoms with E-state index in [0.717, 1.165) is 62.1 Å². The van der Waals surface area contributed by atoms with Crippen LogP contribution in [-0.4, -0.2) is 32.8 Å². The van der Waals surface area contributed by atoms with Crippen molar-refractivity contribution in [1.82, 2.24) is 19.5 Å². The van der Waals surface area contributed by atoms with E-state index >= 15 is 0 Å². The molecule has 4 heterocycles. The molecule has 66 heavy (non-hydrogen) atoms. The summed E-state index contributed by atoms with van der Waals surface area (Å²) in [6, 6.07) is 47.7. The Bertz CT molecular complexity index is 3100. The number of para-hydroxylation sites is 2. The number of benzene rings is 5. The molecule has 7 heteroatoms. The Morgan fingerprint density at radius 2 is 1.41 bits per heavy atom. The summed E-state index contributed by atoms with van der Waals surface area (Å²) >= 11 is -1.90. The molecule has 0 spiro atoms. The van der Waals surface area contributed by atoms with Crippen LogP contribution in [0.15, 0.2) is 126 Å². The van der Waals surface area contributed by atoms with Crippen LogP contribution in [0.25, 0.3) is 72.6 Å². The number of rotatable bonds is 9. The van der Waals surface area contributed by atoms with Crippen molar-refractivity contribution in [2.24, 2.45) is 5.92 Å². The van der Waals surface area contributed by atoms with Crippen molar-refractivity contribution in [3.8, 4) is 39.5 Å². The maximum absolute atomic E-state index is 6.44. The number of hydrogen-bond acceptors (Lipinski definition) is 4. The first kappa shape index (κ1) is 48.8. The monoisotopic (exact) mass is 1110 g/mol. The number of nitrogens with zero attached hydrogens (tertiary/aromatic N) is 4. The SMILES string of the molecule is CC(C)Cc1cc(-c2[c-]cc(C(C)(C)C)cc2)nc[c]1[Ge]([CH3])([CH3])[CH3].Cc1ccc2c(n1)oc1c(-c3nc4ccccc4n3-c3c(C(C)C)cc(-c4ccccc4)cc3C(C)C)[c-]ccc12.[Ir]. The third kappa shape index (κ3) is 10.1. The van der Waals surface area contributed by atoms with Crippen LogP contribution < -0.4 is 4.40 Å². The van der Waals surface area contributed by atoms with Gasteiger partial charge in [0.1, 0.15) is 0 Å². The third-order valence-electron chi connectivity index (χ3n) is 12.3.